The number of rotatable bonds is 6. The molecule has 0 heterocycles. The molecule has 0 radical (unpaired) electrons. The van der Waals surface area contributed by atoms with Gasteiger partial charge in [0, 0.05) is 16.1 Å². The maximum absolute atomic E-state index is 14.1. The van der Waals surface area contributed by atoms with Crippen LogP contribution in [0.15, 0.2) is 53.4 Å². The van der Waals surface area contributed by atoms with Gasteiger partial charge in [0.2, 0.25) is 5.91 Å². The highest BCUT2D eigenvalue weighted by molar-refractivity contribution is 8.00. The van der Waals surface area contributed by atoms with E-state index in [1.54, 1.807) is 41.7 Å². The van der Waals surface area contributed by atoms with E-state index >= 15 is 0 Å². The van der Waals surface area contributed by atoms with Gasteiger partial charge >= 0.3 is 6.18 Å². The van der Waals surface area contributed by atoms with Crippen LogP contribution in [0.3, 0.4) is 0 Å². The molecule has 2 amide bonds. The molecule has 0 aliphatic carbocycles. The van der Waals surface area contributed by atoms with Crippen LogP contribution in [-0.4, -0.2) is 17.1 Å². The maximum atomic E-state index is 14.1. The Morgan fingerprint density at radius 1 is 0.861 bits per heavy atom. The van der Waals surface area contributed by atoms with Crippen LogP contribution in [0, 0.1) is 30.2 Å². The topological polar surface area (TPSA) is 58.2 Å². The van der Waals surface area contributed by atoms with Gasteiger partial charge in [0.05, 0.1) is 5.25 Å². The number of carbonyl (C=O) groups is 2. The van der Waals surface area contributed by atoms with Gasteiger partial charge < -0.3 is 10.6 Å². The molecule has 3 rings (SSSR count). The van der Waals surface area contributed by atoms with Crippen LogP contribution >= 0.6 is 11.8 Å². The minimum atomic E-state index is -5.69. The molecule has 0 spiro atoms. The van der Waals surface area contributed by atoms with Gasteiger partial charge in [-0.3, -0.25) is 9.59 Å². The Kier molecular flexibility index (Phi) is 7.97. The third-order valence-corrected chi connectivity index (χ3v) is 5.94. The Morgan fingerprint density at radius 2 is 1.47 bits per heavy atom. The highest BCUT2D eigenvalue weighted by Gasteiger charge is 2.42. The second-order valence-corrected chi connectivity index (χ2v) is 9.02. The second kappa shape index (κ2) is 10.6. The molecule has 0 bridgehead atoms. The summed E-state index contributed by atoms with van der Waals surface area (Å²) >= 11 is 0.862. The van der Waals surface area contributed by atoms with Gasteiger partial charge in [-0.15, -0.1) is 11.8 Å². The van der Waals surface area contributed by atoms with Crippen molar-refractivity contribution < 1.29 is 40.3 Å². The van der Waals surface area contributed by atoms with Crippen molar-refractivity contribution in [3.63, 3.8) is 0 Å². The highest BCUT2D eigenvalue weighted by Crippen LogP contribution is 2.38. The van der Waals surface area contributed by atoms with Crippen LogP contribution in [0.5, 0.6) is 0 Å². The lowest BCUT2D eigenvalue weighted by Crippen LogP contribution is -2.25. The number of thioether (sulfide) groups is 1. The molecule has 12 heteroatoms. The van der Waals surface area contributed by atoms with E-state index < -0.39 is 51.9 Å². The SMILES string of the molecule is Cc1cccc(C(=O)Nc2cccc(SC(C)C(=O)Nc3c(F)c(F)c(C(F)(F)F)c(F)c3F)c2)c1. The molecular weight excluding hydrogens is 513 g/mol. The van der Waals surface area contributed by atoms with Crippen LogP contribution < -0.4 is 10.6 Å². The molecule has 4 nitrogen and oxygen atoms in total. The van der Waals surface area contributed by atoms with Gasteiger partial charge in [0.1, 0.15) is 11.3 Å². The number of benzene rings is 3. The Hall–Kier alpha value is -3.54. The van der Waals surface area contributed by atoms with Crippen molar-refractivity contribution in [1.82, 2.24) is 0 Å². The minimum absolute atomic E-state index is 0.378. The molecule has 3 aromatic rings. The van der Waals surface area contributed by atoms with Crippen molar-refractivity contribution >= 4 is 35.0 Å². The number of carbonyl (C=O) groups excluding carboxylic acids is 2. The molecule has 2 N–H and O–H groups in total. The molecule has 36 heavy (non-hydrogen) atoms. The Morgan fingerprint density at radius 3 is 2.06 bits per heavy atom. The first-order valence-electron chi connectivity index (χ1n) is 10.2. The first kappa shape index (κ1) is 27.1. The molecule has 1 atom stereocenters. The zero-order chi connectivity index (χ0) is 26.8. The average Bonchev–Trinajstić information content (AvgIpc) is 2.79. The monoisotopic (exact) mass is 530 g/mol. The standard InChI is InChI=1S/C24H17F7N2O2S/c1-11-5-3-6-13(9-11)23(35)32-14-7-4-8-15(10-14)36-12(2)22(34)33-21-19(27)17(25)16(24(29,30)31)18(26)20(21)28/h3-10,12H,1-2H3,(H,32,35)(H,33,34). The predicted molar refractivity (Wildman–Crippen MR) is 121 cm³/mol. The normalized spacial score (nSPS) is 12.2. The van der Waals surface area contributed by atoms with E-state index in [2.05, 4.69) is 5.32 Å². The van der Waals surface area contributed by atoms with Crippen molar-refractivity contribution in [2.24, 2.45) is 0 Å². The number of anilines is 2. The lowest BCUT2D eigenvalue weighted by Gasteiger charge is -2.16. The van der Waals surface area contributed by atoms with Gasteiger partial charge in [0.15, 0.2) is 23.3 Å². The fourth-order valence-electron chi connectivity index (χ4n) is 3.11. The van der Waals surface area contributed by atoms with Crippen molar-refractivity contribution in [1.29, 1.82) is 0 Å². The fraction of sp³-hybridized carbons (Fsp3) is 0.167. The Balaban J connectivity index is 1.74. The van der Waals surface area contributed by atoms with E-state index in [1.165, 1.54) is 13.0 Å². The first-order chi connectivity index (χ1) is 16.8. The van der Waals surface area contributed by atoms with E-state index in [4.69, 9.17) is 0 Å². The number of nitrogens with one attached hydrogen (secondary N) is 2. The summed E-state index contributed by atoms with van der Waals surface area (Å²) in [5, 5.41) is 3.18. The Bertz CT molecular complexity index is 1300. The molecular formula is C24H17F7N2O2S. The summed E-state index contributed by atoms with van der Waals surface area (Å²) in [4.78, 5) is 25.3. The molecule has 190 valence electrons. The lowest BCUT2D eigenvalue weighted by molar-refractivity contribution is -0.143. The largest absolute Gasteiger partial charge is 0.422 e. The molecule has 0 aliphatic heterocycles. The van der Waals surface area contributed by atoms with E-state index in [9.17, 15) is 40.3 Å². The fourth-order valence-corrected chi connectivity index (χ4v) is 4.04. The van der Waals surface area contributed by atoms with Gasteiger partial charge in [-0.1, -0.05) is 23.8 Å². The van der Waals surface area contributed by atoms with Gasteiger partial charge in [-0.05, 0) is 44.2 Å². The summed E-state index contributed by atoms with van der Waals surface area (Å²) in [6.45, 7) is 3.12. The second-order valence-electron chi connectivity index (χ2n) is 7.60. The smallest absolute Gasteiger partial charge is 0.322 e. The quantitative estimate of drug-likeness (QED) is 0.206. The average molecular weight is 530 g/mol. The predicted octanol–water partition coefficient (Wildman–Crippen LogP) is 6.94. The summed E-state index contributed by atoms with van der Waals surface area (Å²) in [7, 11) is 0. The summed E-state index contributed by atoms with van der Waals surface area (Å²) in [6, 6.07) is 13.1. The summed E-state index contributed by atoms with van der Waals surface area (Å²) in [6.07, 6.45) is -5.69. The molecule has 0 saturated carbocycles. The van der Waals surface area contributed by atoms with E-state index in [0.29, 0.717) is 16.1 Å². The van der Waals surface area contributed by atoms with Gasteiger partial charge in [0.25, 0.3) is 5.91 Å². The molecule has 1 unspecified atom stereocenters. The number of amides is 2. The van der Waals surface area contributed by atoms with Gasteiger partial charge in [-0.25, -0.2) is 17.6 Å². The molecule has 0 fully saturated rings. The van der Waals surface area contributed by atoms with Gasteiger partial charge in [-0.2, -0.15) is 13.2 Å². The van der Waals surface area contributed by atoms with Crippen molar-refractivity contribution in [2.75, 3.05) is 10.6 Å². The summed E-state index contributed by atoms with van der Waals surface area (Å²) in [5.41, 5.74) is -2.73. The minimum Gasteiger partial charge on any atom is -0.322 e. The van der Waals surface area contributed by atoms with Crippen LogP contribution in [0.25, 0.3) is 0 Å². The number of hydrogen-bond donors (Lipinski definition) is 2. The van der Waals surface area contributed by atoms with Crippen molar-refractivity contribution in [3.05, 3.63) is 88.5 Å². The molecule has 0 aliphatic rings. The molecule has 3 aromatic carbocycles. The van der Waals surface area contributed by atoms with Crippen LogP contribution in [0.1, 0.15) is 28.4 Å². The van der Waals surface area contributed by atoms with Crippen LogP contribution in [0.2, 0.25) is 0 Å². The van der Waals surface area contributed by atoms with Crippen molar-refractivity contribution in [3.8, 4) is 0 Å². The highest BCUT2D eigenvalue weighted by atomic mass is 32.2. The third kappa shape index (κ3) is 5.99. The number of halogens is 7. The van der Waals surface area contributed by atoms with Crippen LogP contribution in [-0.2, 0) is 11.0 Å². The maximum Gasteiger partial charge on any atom is 0.422 e. The van der Waals surface area contributed by atoms with Crippen molar-refractivity contribution in [2.45, 2.75) is 30.2 Å². The lowest BCUT2D eigenvalue weighted by atomic mass is 10.1. The van der Waals surface area contributed by atoms with E-state index in [1.807, 2.05) is 13.0 Å². The zero-order valence-electron chi connectivity index (χ0n) is 18.6. The Labute approximate surface area is 204 Å². The number of hydrogen-bond acceptors (Lipinski definition) is 3. The summed E-state index contributed by atoms with van der Waals surface area (Å²) < 4.78 is 93.9. The number of alkyl halides is 3. The summed E-state index contributed by atoms with van der Waals surface area (Å²) in [5.74, 6) is -11.6. The molecule has 0 saturated heterocycles. The zero-order valence-corrected chi connectivity index (χ0v) is 19.4. The van der Waals surface area contributed by atoms with E-state index in [0.717, 1.165) is 17.3 Å². The van der Waals surface area contributed by atoms with E-state index in [-0.39, 0.29) is 5.91 Å². The van der Waals surface area contributed by atoms with Crippen LogP contribution in [0.4, 0.5) is 42.1 Å². The first-order valence-corrected chi connectivity index (χ1v) is 11.1. The number of aryl methyl sites for hydroxylation is 1. The third-order valence-electron chi connectivity index (χ3n) is 4.85. The molecule has 0 aromatic heterocycles.